The van der Waals surface area contributed by atoms with Crippen LogP contribution in [0.5, 0.6) is 0 Å². The molecule has 0 radical (unpaired) electrons. The lowest BCUT2D eigenvalue weighted by atomic mass is 9.99. The van der Waals surface area contributed by atoms with Gasteiger partial charge < -0.3 is 19.7 Å². The highest BCUT2D eigenvalue weighted by atomic mass is 28.3. The lowest BCUT2D eigenvalue weighted by Crippen LogP contribution is -2.36. The maximum atomic E-state index is 13.9. The number of hydrogen-bond acceptors (Lipinski definition) is 6. The molecule has 0 fully saturated rings. The number of aromatic nitrogens is 3. The van der Waals surface area contributed by atoms with E-state index in [4.69, 9.17) is 14.6 Å². The number of pyridine rings is 1. The molecule has 0 bridgehead atoms. The molecule has 10 heteroatoms. The van der Waals surface area contributed by atoms with Crippen LogP contribution in [0.25, 0.3) is 32.8 Å². The van der Waals surface area contributed by atoms with Crippen molar-refractivity contribution in [3.05, 3.63) is 90.4 Å². The Bertz CT molecular complexity index is 1880. The summed E-state index contributed by atoms with van der Waals surface area (Å²) < 4.78 is 13.4. The predicted octanol–water partition coefficient (Wildman–Crippen LogP) is 8.57. The molecule has 246 valence electrons. The molecular weight excluding hydrogens is 607 g/mol. The summed E-state index contributed by atoms with van der Waals surface area (Å²) in [5, 5.41) is 10.7. The largest absolute Gasteiger partial charge is 0.444 e. The van der Waals surface area contributed by atoms with Crippen LogP contribution >= 0.6 is 0 Å². The van der Waals surface area contributed by atoms with Gasteiger partial charge in [-0.25, -0.2) is 9.48 Å². The van der Waals surface area contributed by atoms with Crippen LogP contribution in [-0.4, -0.2) is 58.5 Å². The van der Waals surface area contributed by atoms with Crippen molar-refractivity contribution in [2.24, 2.45) is 0 Å². The van der Waals surface area contributed by atoms with E-state index in [-0.39, 0.29) is 18.7 Å². The molecule has 0 unspecified atom stereocenters. The summed E-state index contributed by atoms with van der Waals surface area (Å²) in [6.45, 7) is 16.1. The first-order valence-electron chi connectivity index (χ1n) is 16.1. The average molecular weight is 652 g/mol. The highest BCUT2D eigenvalue weighted by Gasteiger charge is 2.22. The van der Waals surface area contributed by atoms with Crippen LogP contribution in [0.3, 0.4) is 0 Å². The normalized spacial score (nSPS) is 12.0. The van der Waals surface area contributed by atoms with Crippen molar-refractivity contribution in [3.63, 3.8) is 0 Å². The van der Waals surface area contributed by atoms with Crippen LogP contribution in [-0.2, 0) is 22.7 Å². The first kappa shape index (κ1) is 33.8. The number of ether oxygens (including phenoxy) is 2. The molecule has 5 rings (SSSR count). The van der Waals surface area contributed by atoms with Gasteiger partial charge in [-0.3, -0.25) is 9.78 Å². The van der Waals surface area contributed by atoms with Crippen LogP contribution in [0.4, 0.5) is 10.5 Å². The van der Waals surface area contributed by atoms with Gasteiger partial charge in [-0.05, 0) is 74.5 Å². The van der Waals surface area contributed by atoms with E-state index in [2.05, 4.69) is 36.0 Å². The van der Waals surface area contributed by atoms with Gasteiger partial charge in [0.25, 0.3) is 5.91 Å². The zero-order valence-electron chi connectivity index (χ0n) is 28.5. The fourth-order valence-electron chi connectivity index (χ4n) is 5.28. The fourth-order valence-corrected chi connectivity index (χ4v) is 6.04. The lowest BCUT2D eigenvalue weighted by molar-refractivity contribution is 0.0244. The molecule has 1 N–H and O–H groups in total. The summed E-state index contributed by atoms with van der Waals surface area (Å²) in [4.78, 5) is 32.7. The third kappa shape index (κ3) is 8.63. The molecule has 0 saturated heterocycles. The molecule has 47 heavy (non-hydrogen) atoms. The molecule has 2 aromatic heterocycles. The van der Waals surface area contributed by atoms with E-state index in [1.165, 1.54) is 0 Å². The number of benzene rings is 3. The van der Waals surface area contributed by atoms with E-state index in [0.29, 0.717) is 31.1 Å². The maximum absolute atomic E-state index is 13.9. The Kier molecular flexibility index (Phi) is 10.1. The van der Waals surface area contributed by atoms with Gasteiger partial charge in [0, 0.05) is 62.2 Å². The molecule has 0 aliphatic carbocycles. The number of anilines is 1. The number of hydrogen-bond donors (Lipinski definition) is 1. The zero-order chi connectivity index (χ0) is 33.8. The topological polar surface area (TPSA) is 98.6 Å². The Balaban J connectivity index is 1.45. The number of fused-ring (bicyclic) bond motifs is 2. The number of amides is 2. The zero-order valence-corrected chi connectivity index (χ0v) is 29.5. The minimum absolute atomic E-state index is 0.246. The molecule has 2 heterocycles. The van der Waals surface area contributed by atoms with Gasteiger partial charge in [0.1, 0.15) is 12.3 Å². The molecule has 0 aliphatic heterocycles. The Labute approximate surface area is 277 Å². The first-order chi connectivity index (χ1) is 22.3. The van der Waals surface area contributed by atoms with Crippen LogP contribution < -0.4 is 5.32 Å². The van der Waals surface area contributed by atoms with E-state index < -0.39 is 13.7 Å². The summed E-state index contributed by atoms with van der Waals surface area (Å²) in [6.07, 6.45) is 3.33. The van der Waals surface area contributed by atoms with Gasteiger partial charge in [0.2, 0.25) is 0 Å². The predicted molar refractivity (Wildman–Crippen MR) is 191 cm³/mol. The summed E-state index contributed by atoms with van der Waals surface area (Å²) in [5.74, 6) is -0.333. The van der Waals surface area contributed by atoms with Crippen LogP contribution in [0.15, 0.2) is 79.1 Å². The second-order valence-electron chi connectivity index (χ2n) is 14.0. The van der Waals surface area contributed by atoms with Gasteiger partial charge in [0.15, 0.2) is 5.69 Å². The van der Waals surface area contributed by atoms with E-state index in [0.717, 1.165) is 44.4 Å². The van der Waals surface area contributed by atoms with Crippen molar-refractivity contribution in [1.29, 1.82) is 0 Å². The second kappa shape index (κ2) is 14.1. The highest BCUT2D eigenvalue weighted by molar-refractivity contribution is 6.76. The average Bonchev–Trinajstić information content (AvgIpc) is 3.38. The van der Waals surface area contributed by atoms with Gasteiger partial charge in [0.05, 0.1) is 5.52 Å². The van der Waals surface area contributed by atoms with Gasteiger partial charge in [-0.15, -0.1) is 0 Å². The minimum Gasteiger partial charge on any atom is -0.444 e. The van der Waals surface area contributed by atoms with Crippen molar-refractivity contribution in [2.45, 2.75) is 72.3 Å². The first-order valence-corrected chi connectivity index (χ1v) is 19.8. The highest BCUT2D eigenvalue weighted by Crippen LogP contribution is 2.32. The Morgan fingerprint density at radius 1 is 0.957 bits per heavy atom. The van der Waals surface area contributed by atoms with E-state index in [1.807, 2.05) is 101 Å². The Hall–Kier alpha value is -4.54. The lowest BCUT2D eigenvalue weighted by Gasteiger charge is -2.26. The SMILES string of the molecule is CCN(Cc1cccc(NC(=O)c2nn(COCC[Si](C)(C)C)c3ccc(-c4cncc5ccccc45)cc23)c1)C(=O)OC(C)(C)C. The van der Waals surface area contributed by atoms with Crippen molar-refractivity contribution in [3.8, 4) is 11.1 Å². The monoisotopic (exact) mass is 651 g/mol. The van der Waals surface area contributed by atoms with E-state index >= 15 is 0 Å². The number of carbonyl (C=O) groups excluding carboxylic acids is 2. The molecule has 0 atom stereocenters. The minimum atomic E-state index is -1.26. The standard InChI is InChI=1S/C37H45N5O4Si/c1-8-41(36(44)46-37(2,3)4)24-26-12-11-14-29(20-26)39-35(43)34-31-21-27(32-23-38-22-28-13-9-10-15-30(28)32)16-17-33(31)42(40-34)25-45-18-19-47(5,6)7/h9-17,20-23H,8,18-19,24-25H2,1-7H3,(H,39,43). The summed E-state index contributed by atoms with van der Waals surface area (Å²) in [6, 6.07) is 22.7. The fraction of sp³-hybridized carbons (Fsp3) is 0.351. The summed E-state index contributed by atoms with van der Waals surface area (Å²) >= 11 is 0. The van der Waals surface area contributed by atoms with Crippen molar-refractivity contribution in [1.82, 2.24) is 19.7 Å². The molecular formula is C37H45N5O4Si. The number of rotatable bonds is 11. The number of nitrogens with zero attached hydrogens (tertiary/aromatic N) is 4. The third-order valence-corrected chi connectivity index (χ3v) is 9.45. The number of carbonyl (C=O) groups is 2. The van der Waals surface area contributed by atoms with Crippen molar-refractivity contribution in [2.75, 3.05) is 18.5 Å². The molecule has 9 nitrogen and oxygen atoms in total. The van der Waals surface area contributed by atoms with Crippen molar-refractivity contribution >= 4 is 47.4 Å². The van der Waals surface area contributed by atoms with Crippen molar-refractivity contribution < 1.29 is 19.1 Å². The second-order valence-corrected chi connectivity index (χ2v) is 19.6. The Morgan fingerprint density at radius 2 is 1.74 bits per heavy atom. The van der Waals surface area contributed by atoms with Gasteiger partial charge >= 0.3 is 6.09 Å². The van der Waals surface area contributed by atoms with Crippen LogP contribution in [0.1, 0.15) is 43.7 Å². The van der Waals surface area contributed by atoms with E-state index in [1.54, 1.807) is 9.58 Å². The molecule has 2 amide bonds. The Morgan fingerprint density at radius 3 is 2.49 bits per heavy atom. The smallest absolute Gasteiger partial charge is 0.410 e. The summed E-state index contributed by atoms with van der Waals surface area (Å²) in [5.41, 5.74) is 3.93. The van der Waals surface area contributed by atoms with E-state index in [9.17, 15) is 9.59 Å². The molecule has 0 aliphatic rings. The molecule has 5 aromatic rings. The maximum Gasteiger partial charge on any atom is 0.410 e. The quantitative estimate of drug-likeness (QED) is 0.113. The van der Waals surface area contributed by atoms with Crippen LogP contribution in [0.2, 0.25) is 25.7 Å². The third-order valence-electron chi connectivity index (χ3n) is 7.75. The summed E-state index contributed by atoms with van der Waals surface area (Å²) in [7, 11) is -1.26. The molecule has 0 spiro atoms. The van der Waals surface area contributed by atoms with Crippen LogP contribution in [0, 0.1) is 0 Å². The molecule has 3 aromatic carbocycles. The molecule has 0 saturated carbocycles. The van der Waals surface area contributed by atoms with Gasteiger partial charge in [-0.2, -0.15) is 5.10 Å². The van der Waals surface area contributed by atoms with Gasteiger partial charge in [-0.1, -0.05) is 62.1 Å². The number of nitrogens with one attached hydrogen (secondary N) is 1.